The number of thiophene rings is 1. The van der Waals surface area contributed by atoms with Crippen molar-refractivity contribution in [2.75, 3.05) is 4.72 Å². The molecule has 148 valence electrons. The molecule has 0 atom stereocenters. The smallest absolute Gasteiger partial charge is 0.264 e. The number of halogens is 2. The lowest BCUT2D eigenvalue weighted by Gasteiger charge is -2.12. The lowest BCUT2D eigenvalue weighted by Crippen LogP contribution is -2.16. The van der Waals surface area contributed by atoms with E-state index in [-0.39, 0.29) is 18.0 Å². The first kappa shape index (κ1) is 19.2. The molecule has 0 bridgehead atoms. The second kappa shape index (κ2) is 7.72. The minimum atomic E-state index is -4.34. The molecule has 0 amide bonds. The summed E-state index contributed by atoms with van der Waals surface area (Å²) in [5, 5.41) is 5.81. The van der Waals surface area contributed by atoms with Crippen LogP contribution in [0.25, 0.3) is 10.7 Å². The van der Waals surface area contributed by atoms with E-state index >= 15 is 0 Å². The molecule has 10 heteroatoms. The molecule has 0 saturated carbocycles. The summed E-state index contributed by atoms with van der Waals surface area (Å²) < 4.78 is 60.1. The Morgan fingerprint density at radius 3 is 2.69 bits per heavy atom. The van der Waals surface area contributed by atoms with E-state index < -0.39 is 26.6 Å². The Labute approximate surface area is 168 Å². The van der Waals surface area contributed by atoms with Crippen molar-refractivity contribution in [3.05, 3.63) is 83.1 Å². The Morgan fingerprint density at radius 2 is 1.90 bits per heavy atom. The predicted molar refractivity (Wildman–Crippen MR) is 104 cm³/mol. The van der Waals surface area contributed by atoms with Crippen LogP contribution in [0.1, 0.15) is 11.5 Å². The number of hydrogen-bond donors (Lipinski definition) is 1. The summed E-state index contributed by atoms with van der Waals surface area (Å²) in [6.45, 7) is 0. The Morgan fingerprint density at radius 1 is 1.07 bits per heavy atom. The van der Waals surface area contributed by atoms with Crippen LogP contribution in [0.2, 0.25) is 0 Å². The molecule has 2 aromatic heterocycles. The number of anilines is 1. The highest BCUT2D eigenvalue weighted by molar-refractivity contribution is 7.92. The van der Waals surface area contributed by atoms with Gasteiger partial charge in [-0.15, -0.1) is 11.3 Å². The van der Waals surface area contributed by atoms with Crippen LogP contribution in [-0.2, 0) is 16.4 Å². The lowest BCUT2D eigenvalue weighted by molar-refractivity contribution is 0.386. The summed E-state index contributed by atoms with van der Waals surface area (Å²) in [5.41, 5.74) is 0.737. The second-order valence-electron chi connectivity index (χ2n) is 6.00. The standard InChI is InChI=1S/C19H13F2N3O3S2/c20-13-7-8-14(21)17(11-13)29(25,26)24-15-5-2-1-4-12(15)10-18-22-19(23-27-18)16-6-3-9-28-16/h1-9,11,24H,10H2. The number of nitrogens with zero attached hydrogens (tertiary/aromatic N) is 2. The molecule has 1 N–H and O–H groups in total. The molecule has 2 aromatic carbocycles. The number of hydrogen-bond acceptors (Lipinski definition) is 6. The first-order valence-electron chi connectivity index (χ1n) is 8.34. The highest BCUT2D eigenvalue weighted by atomic mass is 32.2. The molecular formula is C19H13F2N3O3S2. The van der Waals surface area contributed by atoms with E-state index in [1.54, 1.807) is 18.2 Å². The van der Waals surface area contributed by atoms with E-state index in [9.17, 15) is 17.2 Å². The topological polar surface area (TPSA) is 85.1 Å². The fourth-order valence-corrected chi connectivity index (χ4v) is 4.49. The Balaban J connectivity index is 1.61. The van der Waals surface area contributed by atoms with Crippen LogP contribution in [0.5, 0.6) is 0 Å². The van der Waals surface area contributed by atoms with Crippen LogP contribution in [0.15, 0.2) is 69.4 Å². The van der Waals surface area contributed by atoms with Crippen molar-refractivity contribution >= 4 is 27.0 Å². The molecule has 6 nitrogen and oxygen atoms in total. The Kier molecular flexibility index (Phi) is 5.12. The van der Waals surface area contributed by atoms with Crippen molar-refractivity contribution in [1.82, 2.24) is 10.1 Å². The van der Waals surface area contributed by atoms with Gasteiger partial charge in [-0.3, -0.25) is 4.72 Å². The van der Waals surface area contributed by atoms with Crippen molar-refractivity contribution in [2.45, 2.75) is 11.3 Å². The van der Waals surface area contributed by atoms with Gasteiger partial charge < -0.3 is 4.52 Å². The quantitative estimate of drug-likeness (QED) is 0.485. The summed E-state index contributed by atoms with van der Waals surface area (Å²) in [6.07, 6.45) is 0.155. The van der Waals surface area contributed by atoms with Gasteiger partial charge in [-0.2, -0.15) is 4.98 Å². The maximum atomic E-state index is 13.9. The van der Waals surface area contributed by atoms with Gasteiger partial charge in [0.05, 0.1) is 17.0 Å². The van der Waals surface area contributed by atoms with Gasteiger partial charge >= 0.3 is 0 Å². The maximum absolute atomic E-state index is 13.9. The van der Waals surface area contributed by atoms with E-state index in [0.29, 0.717) is 17.5 Å². The van der Waals surface area contributed by atoms with Gasteiger partial charge in [0.2, 0.25) is 11.7 Å². The summed E-state index contributed by atoms with van der Waals surface area (Å²) in [6, 6.07) is 12.5. The van der Waals surface area contributed by atoms with Crippen LogP contribution >= 0.6 is 11.3 Å². The third-order valence-corrected chi connectivity index (χ3v) is 6.24. The Bertz CT molecular complexity index is 1260. The molecule has 0 aliphatic carbocycles. The number of para-hydroxylation sites is 1. The first-order chi connectivity index (χ1) is 13.9. The molecule has 0 saturated heterocycles. The number of nitrogens with one attached hydrogen (secondary N) is 1. The number of sulfonamides is 1. The van der Waals surface area contributed by atoms with E-state index in [1.807, 2.05) is 17.5 Å². The fraction of sp³-hybridized carbons (Fsp3) is 0.0526. The summed E-state index contributed by atoms with van der Waals surface area (Å²) in [4.78, 5) is 4.39. The van der Waals surface area contributed by atoms with Gasteiger partial charge in [0.25, 0.3) is 10.0 Å². The van der Waals surface area contributed by atoms with E-state index in [4.69, 9.17) is 4.52 Å². The molecule has 4 rings (SSSR count). The summed E-state index contributed by atoms with van der Waals surface area (Å²) >= 11 is 1.46. The second-order valence-corrected chi connectivity index (χ2v) is 8.60. The zero-order valence-electron chi connectivity index (χ0n) is 14.7. The molecular weight excluding hydrogens is 420 g/mol. The molecule has 2 heterocycles. The van der Waals surface area contributed by atoms with Gasteiger partial charge in [0.1, 0.15) is 16.5 Å². The number of aromatic nitrogens is 2. The third kappa shape index (κ3) is 4.17. The largest absolute Gasteiger partial charge is 0.339 e. The minimum absolute atomic E-state index is 0.155. The zero-order chi connectivity index (χ0) is 20.4. The fourth-order valence-electron chi connectivity index (χ4n) is 2.65. The first-order valence-corrected chi connectivity index (χ1v) is 10.7. The average Bonchev–Trinajstić information content (AvgIpc) is 3.37. The lowest BCUT2D eigenvalue weighted by atomic mass is 10.1. The highest BCUT2D eigenvalue weighted by Crippen LogP contribution is 2.26. The van der Waals surface area contributed by atoms with Crippen molar-refractivity contribution in [2.24, 2.45) is 0 Å². The normalized spacial score (nSPS) is 11.5. The van der Waals surface area contributed by atoms with Crippen LogP contribution in [0.4, 0.5) is 14.5 Å². The number of rotatable bonds is 6. The van der Waals surface area contributed by atoms with Gasteiger partial charge in [0.15, 0.2) is 0 Å². The zero-order valence-corrected chi connectivity index (χ0v) is 16.3. The molecule has 4 aromatic rings. The summed E-state index contributed by atoms with van der Waals surface area (Å²) in [5.74, 6) is -1.17. The molecule has 0 radical (unpaired) electrons. The Hall–Kier alpha value is -3.11. The molecule has 29 heavy (non-hydrogen) atoms. The molecule has 0 fully saturated rings. The maximum Gasteiger partial charge on any atom is 0.264 e. The predicted octanol–water partition coefficient (Wildman–Crippen LogP) is 4.47. The molecule has 0 aliphatic rings. The van der Waals surface area contributed by atoms with Gasteiger partial charge in [-0.05, 0) is 41.3 Å². The molecule has 0 aliphatic heterocycles. The van der Waals surface area contributed by atoms with Crippen molar-refractivity contribution in [1.29, 1.82) is 0 Å². The molecule has 0 spiro atoms. The van der Waals surface area contributed by atoms with Crippen LogP contribution < -0.4 is 4.72 Å². The van der Waals surface area contributed by atoms with E-state index in [2.05, 4.69) is 14.9 Å². The van der Waals surface area contributed by atoms with E-state index in [1.165, 1.54) is 17.4 Å². The van der Waals surface area contributed by atoms with Gasteiger partial charge in [-0.1, -0.05) is 29.4 Å². The van der Waals surface area contributed by atoms with E-state index in [0.717, 1.165) is 17.0 Å². The van der Waals surface area contributed by atoms with Crippen molar-refractivity contribution < 1.29 is 21.7 Å². The van der Waals surface area contributed by atoms with Gasteiger partial charge in [0, 0.05) is 0 Å². The molecule has 0 unspecified atom stereocenters. The van der Waals surface area contributed by atoms with Crippen LogP contribution in [-0.4, -0.2) is 18.6 Å². The third-order valence-electron chi connectivity index (χ3n) is 4.00. The summed E-state index contributed by atoms with van der Waals surface area (Å²) in [7, 11) is -4.34. The van der Waals surface area contributed by atoms with Crippen molar-refractivity contribution in [3.63, 3.8) is 0 Å². The highest BCUT2D eigenvalue weighted by Gasteiger charge is 2.22. The van der Waals surface area contributed by atoms with Crippen LogP contribution in [0, 0.1) is 11.6 Å². The van der Waals surface area contributed by atoms with Crippen LogP contribution in [0.3, 0.4) is 0 Å². The monoisotopic (exact) mass is 433 g/mol. The minimum Gasteiger partial charge on any atom is -0.339 e. The van der Waals surface area contributed by atoms with Crippen molar-refractivity contribution in [3.8, 4) is 10.7 Å². The van der Waals surface area contributed by atoms with Gasteiger partial charge in [-0.25, -0.2) is 17.2 Å². The SMILES string of the molecule is O=S(=O)(Nc1ccccc1Cc1nc(-c2cccs2)no1)c1cc(F)ccc1F. The number of benzene rings is 2. The average molecular weight is 433 g/mol.